The summed E-state index contributed by atoms with van der Waals surface area (Å²) in [7, 11) is 0. The number of rotatable bonds is 2. The van der Waals surface area contributed by atoms with Gasteiger partial charge in [0.2, 0.25) is 0 Å². The highest BCUT2D eigenvalue weighted by molar-refractivity contribution is 5.83. The number of hydrogen-bond donors (Lipinski definition) is 0. The fourth-order valence-electron chi connectivity index (χ4n) is 1.85. The van der Waals surface area contributed by atoms with E-state index in [1.54, 1.807) is 0 Å². The maximum Gasteiger partial charge on any atom is 0.0613 e. The molecule has 74 valence electrons. The van der Waals surface area contributed by atoms with Crippen LogP contribution in [0.15, 0.2) is 35.4 Å². The first-order valence-corrected chi connectivity index (χ1v) is 5.10. The van der Waals surface area contributed by atoms with Gasteiger partial charge < -0.3 is 0 Å². The van der Waals surface area contributed by atoms with Crippen LogP contribution in [0.4, 0.5) is 0 Å². The monoisotopic (exact) mass is 188 g/mol. The van der Waals surface area contributed by atoms with Crippen molar-refractivity contribution >= 4 is 5.71 Å². The second-order valence-corrected chi connectivity index (χ2v) is 3.97. The summed E-state index contributed by atoms with van der Waals surface area (Å²) in [6.45, 7) is 5.25. The van der Waals surface area contributed by atoms with Gasteiger partial charge in [0.1, 0.15) is 0 Å². The van der Waals surface area contributed by atoms with E-state index in [1.165, 1.54) is 11.3 Å². The van der Waals surface area contributed by atoms with E-state index in [9.17, 15) is 0 Å². The molecule has 0 saturated carbocycles. The second kappa shape index (κ2) is 3.82. The van der Waals surface area contributed by atoms with Crippen molar-refractivity contribution in [3.63, 3.8) is 0 Å². The van der Waals surface area contributed by atoms with E-state index in [0.717, 1.165) is 13.0 Å². The third kappa shape index (κ3) is 1.95. The van der Waals surface area contributed by atoms with Gasteiger partial charge in [-0.2, -0.15) is 5.10 Å². The molecule has 1 atom stereocenters. The summed E-state index contributed by atoms with van der Waals surface area (Å²) in [5.74, 6) is 0. The van der Waals surface area contributed by atoms with Crippen LogP contribution in [0.5, 0.6) is 0 Å². The predicted octanol–water partition coefficient (Wildman–Crippen LogP) is 2.66. The summed E-state index contributed by atoms with van der Waals surface area (Å²) in [4.78, 5) is 0. The summed E-state index contributed by atoms with van der Waals surface area (Å²) < 4.78 is 0. The standard InChI is InChI=1S/C12H16N2/c1-10-8-11(2)14(13-10)9-12-6-4-3-5-7-12/h3-7,11H,8-9H2,1-2H3. The molecular weight excluding hydrogens is 172 g/mol. The molecule has 1 aromatic carbocycles. The van der Waals surface area contributed by atoms with Gasteiger partial charge in [-0.15, -0.1) is 0 Å². The highest BCUT2D eigenvalue weighted by Gasteiger charge is 2.19. The van der Waals surface area contributed by atoms with Gasteiger partial charge in [-0.05, 0) is 19.4 Å². The molecular formula is C12H16N2. The van der Waals surface area contributed by atoms with Crippen LogP contribution in [0.1, 0.15) is 25.8 Å². The van der Waals surface area contributed by atoms with Gasteiger partial charge in [-0.1, -0.05) is 30.3 Å². The lowest BCUT2D eigenvalue weighted by molar-refractivity contribution is 0.236. The Kier molecular flexibility index (Phi) is 2.53. The largest absolute Gasteiger partial charge is 0.290 e. The molecule has 0 N–H and O–H groups in total. The molecule has 2 nitrogen and oxygen atoms in total. The molecule has 1 unspecified atom stereocenters. The molecule has 0 saturated heterocycles. The smallest absolute Gasteiger partial charge is 0.0613 e. The molecule has 0 aliphatic carbocycles. The molecule has 1 aliphatic heterocycles. The van der Waals surface area contributed by atoms with Crippen LogP contribution in [-0.2, 0) is 6.54 Å². The lowest BCUT2D eigenvalue weighted by Gasteiger charge is -2.19. The van der Waals surface area contributed by atoms with Gasteiger partial charge in [0.15, 0.2) is 0 Å². The quantitative estimate of drug-likeness (QED) is 0.696. The Balaban J connectivity index is 2.05. The Morgan fingerprint density at radius 2 is 2.07 bits per heavy atom. The SMILES string of the molecule is CC1=NN(Cc2ccccc2)C(C)C1. The maximum atomic E-state index is 4.51. The zero-order chi connectivity index (χ0) is 9.97. The summed E-state index contributed by atoms with van der Waals surface area (Å²) in [6.07, 6.45) is 1.10. The number of hydrogen-bond acceptors (Lipinski definition) is 2. The van der Waals surface area contributed by atoms with Crippen LogP contribution in [0, 0.1) is 0 Å². The molecule has 1 aliphatic rings. The fraction of sp³-hybridized carbons (Fsp3) is 0.417. The van der Waals surface area contributed by atoms with Crippen LogP contribution < -0.4 is 0 Å². The topological polar surface area (TPSA) is 15.6 Å². The normalized spacial score (nSPS) is 21.1. The molecule has 0 radical (unpaired) electrons. The average Bonchev–Trinajstić information content (AvgIpc) is 2.47. The molecule has 0 bridgehead atoms. The van der Waals surface area contributed by atoms with E-state index in [4.69, 9.17) is 0 Å². The van der Waals surface area contributed by atoms with Crippen molar-refractivity contribution in [1.29, 1.82) is 0 Å². The van der Waals surface area contributed by atoms with Crippen LogP contribution in [0.3, 0.4) is 0 Å². The Bertz CT molecular complexity index is 329. The molecule has 2 rings (SSSR count). The maximum absolute atomic E-state index is 4.51. The van der Waals surface area contributed by atoms with Gasteiger partial charge >= 0.3 is 0 Å². The van der Waals surface area contributed by atoms with E-state index in [1.807, 2.05) is 6.07 Å². The van der Waals surface area contributed by atoms with Crippen molar-refractivity contribution < 1.29 is 0 Å². The van der Waals surface area contributed by atoms with E-state index >= 15 is 0 Å². The van der Waals surface area contributed by atoms with E-state index < -0.39 is 0 Å². The van der Waals surface area contributed by atoms with Crippen LogP contribution in [-0.4, -0.2) is 16.8 Å². The van der Waals surface area contributed by atoms with Gasteiger partial charge in [-0.25, -0.2) is 0 Å². The lowest BCUT2D eigenvalue weighted by Crippen LogP contribution is -2.22. The summed E-state index contributed by atoms with van der Waals surface area (Å²) in [5, 5.41) is 6.69. The van der Waals surface area contributed by atoms with Crippen LogP contribution in [0.25, 0.3) is 0 Å². The Hall–Kier alpha value is -1.31. The summed E-state index contributed by atoms with van der Waals surface area (Å²) in [6, 6.07) is 11.0. The van der Waals surface area contributed by atoms with Gasteiger partial charge in [0.05, 0.1) is 6.54 Å². The zero-order valence-corrected chi connectivity index (χ0v) is 8.77. The van der Waals surface area contributed by atoms with Crippen molar-refractivity contribution in [1.82, 2.24) is 5.01 Å². The van der Waals surface area contributed by atoms with Crippen molar-refractivity contribution in [2.75, 3.05) is 0 Å². The second-order valence-electron chi connectivity index (χ2n) is 3.97. The number of hydrazone groups is 1. The molecule has 0 fully saturated rings. The van der Waals surface area contributed by atoms with Crippen molar-refractivity contribution in [3.8, 4) is 0 Å². The van der Waals surface area contributed by atoms with Crippen molar-refractivity contribution in [2.24, 2.45) is 5.10 Å². The molecule has 2 heteroatoms. The highest BCUT2D eigenvalue weighted by atomic mass is 15.5. The minimum Gasteiger partial charge on any atom is -0.290 e. The molecule has 14 heavy (non-hydrogen) atoms. The van der Waals surface area contributed by atoms with E-state index in [2.05, 4.69) is 48.2 Å². The van der Waals surface area contributed by atoms with E-state index in [-0.39, 0.29) is 0 Å². The Morgan fingerprint density at radius 3 is 2.64 bits per heavy atom. The van der Waals surface area contributed by atoms with Gasteiger partial charge in [0.25, 0.3) is 0 Å². The minimum atomic E-state index is 0.551. The predicted molar refractivity (Wildman–Crippen MR) is 59.2 cm³/mol. The summed E-state index contributed by atoms with van der Waals surface area (Å²) in [5.41, 5.74) is 2.58. The molecule has 1 aromatic rings. The highest BCUT2D eigenvalue weighted by Crippen LogP contribution is 2.17. The lowest BCUT2D eigenvalue weighted by atomic mass is 10.1. The van der Waals surface area contributed by atoms with Crippen molar-refractivity contribution in [2.45, 2.75) is 32.9 Å². The van der Waals surface area contributed by atoms with Gasteiger partial charge in [0, 0.05) is 18.2 Å². The van der Waals surface area contributed by atoms with Crippen LogP contribution >= 0.6 is 0 Å². The first kappa shape index (κ1) is 9.25. The third-order valence-corrected chi connectivity index (χ3v) is 2.59. The third-order valence-electron chi connectivity index (χ3n) is 2.59. The molecule has 0 amide bonds. The summed E-state index contributed by atoms with van der Waals surface area (Å²) >= 11 is 0. The number of nitrogens with zero attached hydrogens (tertiary/aromatic N) is 2. The zero-order valence-electron chi connectivity index (χ0n) is 8.77. The molecule has 1 heterocycles. The first-order valence-electron chi connectivity index (χ1n) is 5.10. The van der Waals surface area contributed by atoms with Crippen LogP contribution in [0.2, 0.25) is 0 Å². The Morgan fingerprint density at radius 1 is 1.36 bits per heavy atom. The first-order chi connectivity index (χ1) is 6.75. The minimum absolute atomic E-state index is 0.551. The fourth-order valence-corrected chi connectivity index (χ4v) is 1.85. The Labute approximate surface area is 85.2 Å². The van der Waals surface area contributed by atoms with E-state index in [0.29, 0.717) is 6.04 Å². The molecule has 0 aromatic heterocycles. The molecule has 0 spiro atoms. The average molecular weight is 188 g/mol. The van der Waals surface area contributed by atoms with Gasteiger partial charge in [-0.3, -0.25) is 5.01 Å². The number of benzene rings is 1. The van der Waals surface area contributed by atoms with Crippen molar-refractivity contribution in [3.05, 3.63) is 35.9 Å².